The molecule has 0 radical (unpaired) electrons. The third-order valence-electron chi connectivity index (χ3n) is 3.84. The van der Waals surface area contributed by atoms with Gasteiger partial charge in [0.2, 0.25) is 5.91 Å². The lowest BCUT2D eigenvalue weighted by Gasteiger charge is -2.37. The van der Waals surface area contributed by atoms with Gasteiger partial charge in [-0.3, -0.25) is 4.79 Å². The average molecular weight is 277 g/mol. The van der Waals surface area contributed by atoms with Crippen LogP contribution in [0.5, 0.6) is 5.75 Å². The van der Waals surface area contributed by atoms with Crippen molar-refractivity contribution < 1.29 is 19.8 Å². The number of nitrogens with zero attached hydrogens (tertiary/aromatic N) is 1. The van der Waals surface area contributed by atoms with Crippen molar-refractivity contribution in [3.05, 3.63) is 29.8 Å². The topological polar surface area (TPSA) is 77.8 Å². The number of hydrogen-bond donors (Lipinski definition) is 2. The standard InChI is InChI=1S/C15H19NO4/c1-10-5-4-8-16(14(10)15(19)20)13(18)9-11-6-2-3-7-12(11)17/h2-3,6-7,10,14,17H,4-5,8-9H2,1H3,(H,19,20). The lowest BCUT2D eigenvalue weighted by Crippen LogP contribution is -2.52. The number of likely N-dealkylation sites (tertiary alicyclic amines) is 1. The zero-order valence-electron chi connectivity index (χ0n) is 11.5. The van der Waals surface area contributed by atoms with Gasteiger partial charge in [0.15, 0.2) is 0 Å². The van der Waals surface area contributed by atoms with Crippen molar-refractivity contribution >= 4 is 11.9 Å². The van der Waals surface area contributed by atoms with Crippen molar-refractivity contribution in [2.75, 3.05) is 6.54 Å². The van der Waals surface area contributed by atoms with Gasteiger partial charge in [0.05, 0.1) is 6.42 Å². The summed E-state index contributed by atoms with van der Waals surface area (Å²) in [6.07, 6.45) is 1.66. The lowest BCUT2D eigenvalue weighted by atomic mass is 9.90. The SMILES string of the molecule is CC1CCCN(C(=O)Cc2ccccc2O)C1C(=O)O. The van der Waals surface area contributed by atoms with E-state index in [9.17, 15) is 19.8 Å². The molecule has 5 nitrogen and oxygen atoms in total. The van der Waals surface area contributed by atoms with Crippen molar-refractivity contribution in [1.82, 2.24) is 4.90 Å². The molecule has 2 N–H and O–H groups in total. The summed E-state index contributed by atoms with van der Waals surface area (Å²) in [5.74, 6) is -1.18. The molecule has 20 heavy (non-hydrogen) atoms. The zero-order valence-corrected chi connectivity index (χ0v) is 11.5. The third-order valence-corrected chi connectivity index (χ3v) is 3.84. The number of carbonyl (C=O) groups excluding carboxylic acids is 1. The molecule has 1 aliphatic heterocycles. The van der Waals surface area contributed by atoms with Gasteiger partial charge in [0.1, 0.15) is 11.8 Å². The molecular weight excluding hydrogens is 258 g/mol. The molecule has 0 aromatic heterocycles. The van der Waals surface area contributed by atoms with E-state index in [-0.39, 0.29) is 24.0 Å². The molecule has 1 aromatic carbocycles. The van der Waals surface area contributed by atoms with Crippen molar-refractivity contribution in [1.29, 1.82) is 0 Å². The number of phenols is 1. The van der Waals surface area contributed by atoms with Gasteiger partial charge in [-0.25, -0.2) is 4.79 Å². The maximum Gasteiger partial charge on any atom is 0.326 e. The van der Waals surface area contributed by atoms with Gasteiger partial charge < -0.3 is 15.1 Å². The highest BCUT2D eigenvalue weighted by Gasteiger charge is 2.36. The number of carboxylic acid groups (broad SMARTS) is 1. The molecule has 5 heteroatoms. The summed E-state index contributed by atoms with van der Waals surface area (Å²) in [4.78, 5) is 25.1. The minimum absolute atomic E-state index is 0.0309. The number of carboxylic acids is 1. The number of rotatable bonds is 3. The van der Waals surface area contributed by atoms with Crippen molar-refractivity contribution in [3.8, 4) is 5.75 Å². The highest BCUT2D eigenvalue weighted by molar-refractivity contribution is 5.85. The van der Waals surface area contributed by atoms with Crippen molar-refractivity contribution in [2.45, 2.75) is 32.2 Å². The Kier molecular flexibility index (Phi) is 4.27. The largest absolute Gasteiger partial charge is 0.508 e. The molecule has 0 saturated carbocycles. The van der Waals surface area contributed by atoms with Gasteiger partial charge in [-0.1, -0.05) is 25.1 Å². The van der Waals surface area contributed by atoms with Crippen LogP contribution in [0.4, 0.5) is 0 Å². The van der Waals surface area contributed by atoms with Gasteiger partial charge >= 0.3 is 5.97 Å². The summed E-state index contributed by atoms with van der Waals surface area (Å²) >= 11 is 0. The molecule has 2 unspecified atom stereocenters. The summed E-state index contributed by atoms with van der Waals surface area (Å²) in [6.45, 7) is 2.33. The zero-order chi connectivity index (χ0) is 14.7. The Labute approximate surface area is 117 Å². The van der Waals surface area contributed by atoms with Gasteiger partial charge in [-0.2, -0.15) is 0 Å². The quantitative estimate of drug-likeness (QED) is 0.880. The summed E-state index contributed by atoms with van der Waals surface area (Å²) in [7, 11) is 0. The second-order valence-corrected chi connectivity index (χ2v) is 5.30. The van der Waals surface area contributed by atoms with Crippen LogP contribution in [0.15, 0.2) is 24.3 Å². The van der Waals surface area contributed by atoms with E-state index in [0.29, 0.717) is 12.1 Å². The van der Waals surface area contributed by atoms with Gasteiger partial charge in [0.25, 0.3) is 0 Å². The molecule has 1 saturated heterocycles. The Bertz CT molecular complexity index is 514. The molecule has 2 rings (SSSR count). The first kappa shape index (κ1) is 14.4. The predicted octanol–water partition coefficient (Wildman–Crippen LogP) is 1.65. The first-order chi connectivity index (χ1) is 9.50. The Morgan fingerprint density at radius 2 is 2.05 bits per heavy atom. The van der Waals surface area contributed by atoms with Crippen molar-refractivity contribution in [2.24, 2.45) is 5.92 Å². The number of para-hydroxylation sites is 1. The van der Waals surface area contributed by atoms with Gasteiger partial charge in [0, 0.05) is 12.1 Å². The summed E-state index contributed by atoms with van der Waals surface area (Å²) in [5, 5.41) is 19.0. The molecule has 0 spiro atoms. The molecule has 2 atom stereocenters. The van der Waals surface area contributed by atoms with Crippen LogP contribution in [-0.2, 0) is 16.0 Å². The molecule has 1 fully saturated rings. The monoisotopic (exact) mass is 277 g/mol. The number of aromatic hydroxyl groups is 1. The predicted molar refractivity (Wildman–Crippen MR) is 73.3 cm³/mol. The van der Waals surface area contributed by atoms with Crippen LogP contribution in [0.2, 0.25) is 0 Å². The van der Waals surface area contributed by atoms with E-state index >= 15 is 0 Å². The van der Waals surface area contributed by atoms with Crippen LogP contribution >= 0.6 is 0 Å². The fourth-order valence-electron chi connectivity index (χ4n) is 2.77. The Morgan fingerprint density at radius 3 is 2.70 bits per heavy atom. The first-order valence-corrected chi connectivity index (χ1v) is 6.80. The number of amides is 1. The Morgan fingerprint density at radius 1 is 1.35 bits per heavy atom. The summed E-state index contributed by atoms with van der Waals surface area (Å²) < 4.78 is 0. The van der Waals surface area contributed by atoms with E-state index in [2.05, 4.69) is 0 Å². The maximum atomic E-state index is 12.3. The minimum atomic E-state index is -0.956. The van der Waals surface area contributed by atoms with E-state index in [1.54, 1.807) is 18.2 Å². The molecule has 1 aliphatic rings. The van der Waals surface area contributed by atoms with E-state index in [1.807, 2.05) is 6.92 Å². The van der Waals surface area contributed by atoms with E-state index in [4.69, 9.17) is 0 Å². The number of piperidine rings is 1. The Balaban J connectivity index is 2.15. The van der Waals surface area contributed by atoms with Gasteiger partial charge in [-0.05, 0) is 24.8 Å². The third kappa shape index (κ3) is 2.92. The number of hydrogen-bond acceptors (Lipinski definition) is 3. The van der Waals surface area contributed by atoms with Crippen LogP contribution < -0.4 is 0 Å². The van der Waals surface area contributed by atoms with Crippen LogP contribution in [0.3, 0.4) is 0 Å². The number of carbonyl (C=O) groups is 2. The lowest BCUT2D eigenvalue weighted by molar-refractivity contribution is -0.154. The fraction of sp³-hybridized carbons (Fsp3) is 0.467. The number of phenolic OH excluding ortho intramolecular Hbond substituents is 1. The Hall–Kier alpha value is -2.04. The maximum absolute atomic E-state index is 12.3. The summed E-state index contributed by atoms with van der Waals surface area (Å²) in [5.41, 5.74) is 0.528. The summed E-state index contributed by atoms with van der Waals surface area (Å²) in [6, 6.07) is 5.87. The van der Waals surface area contributed by atoms with Crippen LogP contribution in [0.1, 0.15) is 25.3 Å². The number of aliphatic carboxylic acids is 1. The normalized spacial score (nSPS) is 22.6. The smallest absolute Gasteiger partial charge is 0.326 e. The van der Waals surface area contributed by atoms with Gasteiger partial charge in [-0.15, -0.1) is 0 Å². The highest BCUT2D eigenvalue weighted by atomic mass is 16.4. The highest BCUT2D eigenvalue weighted by Crippen LogP contribution is 2.25. The second-order valence-electron chi connectivity index (χ2n) is 5.30. The fourth-order valence-corrected chi connectivity index (χ4v) is 2.77. The molecule has 108 valence electrons. The van der Waals surface area contributed by atoms with Crippen LogP contribution in [-0.4, -0.2) is 39.6 Å². The molecule has 1 amide bonds. The van der Waals surface area contributed by atoms with Crippen LogP contribution in [0.25, 0.3) is 0 Å². The number of benzene rings is 1. The molecular formula is C15H19NO4. The van der Waals surface area contributed by atoms with Crippen molar-refractivity contribution in [3.63, 3.8) is 0 Å². The van der Waals surface area contributed by atoms with E-state index < -0.39 is 12.0 Å². The molecule has 0 aliphatic carbocycles. The minimum Gasteiger partial charge on any atom is -0.508 e. The molecule has 0 bridgehead atoms. The molecule has 1 heterocycles. The van der Waals surface area contributed by atoms with Crippen LogP contribution in [0, 0.1) is 5.92 Å². The first-order valence-electron chi connectivity index (χ1n) is 6.80. The van der Waals surface area contributed by atoms with E-state index in [1.165, 1.54) is 11.0 Å². The molecule has 1 aromatic rings. The second kappa shape index (κ2) is 5.94. The van der Waals surface area contributed by atoms with E-state index in [0.717, 1.165) is 12.8 Å². The average Bonchev–Trinajstić information content (AvgIpc) is 2.40.